The second-order valence-electron chi connectivity index (χ2n) is 4.67. The molecular weight excluding hydrogens is 346 g/mol. The minimum atomic E-state index is -0.223. The third kappa shape index (κ3) is 3.95. The summed E-state index contributed by atoms with van der Waals surface area (Å²) < 4.78 is 6.15. The highest BCUT2D eigenvalue weighted by Crippen LogP contribution is 2.26. The van der Waals surface area contributed by atoms with Crippen molar-refractivity contribution in [2.75, 3.05) is 11.9 Å². The van der Waals surface area contributed by atoms with E-state index in [-0.39, 0.29) is 11.7 Å². The predicted octanol–water partition coefficient (Wildman–Crippen LogP) is 4.30. The minimum absolute atomic E-state index is 0.00619. The van der Waals surface area contributed by atoms with Gasteiger partial charge >= 0.3 is 0 Å². The molecule has 1 amide bonds. The van der Waals surface area contributed by atoms with E-state index in [1.54, 1.807) is 42.5 Å². The molecule has 22 heavy (non-hydrogen) atoms. The van der Waals surface area contributed by atoms with Gasteiger partial charge in [-0.25, -0.2) is 0 Å². The molecule has 0 radical (unpaired) electrons. The van der Waals surface area contributed by atoms with Crippen LogP contribution in [-0.4, -0.2) is 18.3 Å². The number of benzene rings is 2. The van der Waals surface area contributed by atoms with Crippen molar-refractivity contribution in [2.45, 2.75) is 13.8 Å². The van der Waals surface area contributed by atoms with E-state index in [1.807, 2.05) is 6.92 Å². The van der Waals surface area contributed by atoms with Gasteiger partial charge in [-0.15, -0.1) is 0 Å². The van der Waals surface area contributed by atoms with Crippen molar-refractivity contribution in [3.63, 3.8) is 0 Å². The van der Waals surface area contributed by atoms with Crippen LogP contribution in [0.4, 0.5) is 5.69 Å². The number of carbonyl (C=O) groups excluding carboxylic acids is 2. The lowest BCUT2D eigenvalue weighted by Crippen LogP contribution is -2.12. The number of amides is 1. The fraction of sp³-hybridized carbons (Fsp3) is 0.176. The molecule has 2 aromatic rings. The molecule has 2 aromatic carbocycles. The number of rotatable bonds is 5. The summed E-state index contributed by atoms with van der Waals surface area (Å²) in [6.45, 7) is 3.97. The normalized spacial score (nSPS) is 10.1. The number of hydrogen-bond donors (Lipinski definition) is 1. The number of ether oxygens (including phenoxy) is 1. The maximum atomic E-state index is 12.2. The number of hydrogen-bond acceptors (Lipinski definition) is 3. The van der Waals surface area contributed by atoms with Gasteiger partial charge in [-0.05, 0) is 72.2 Å². The van der Waals surface area contributed by atoms with Crippen LogP contribution in [0, 0.1) is 0 Å². The van der Waals surface area contributed by atoms with Crippen molar-refractivity contribution in [2.24, 2.45) is 0 Å². The predicted molar refractivity (Wildman–Crippen MR) is 89.7 cm³/mol. The van der Waals surface area contributed by atoms with Crippen molar-refractivity contribution >= 4 is 33.3 Å². The zero-order chi connectivity index (χ0) is 16.1. The van der Waals surface area contributed by atoms with Crippen LogP contribution in [0.2, 0.25) is 0 Å². The zero-order valence-corrected chi connectivity index (χ0v) is 13.9. The van der Waals surface area contributed by atoms with Gasteiger partial charge in [-0.1, -0.05) is 0 Å². The number of carbonyl (C=O) groups is 2. The number of halogens is 1. The molecule has 0 bridgehead atoms. The van der Waals surface area contributed by atoms with Gasteiger partial charge in [0.2, 0.25) is 0 Å². The van der Waals surface area contributed by atoms with Gasteiger partial charge in [-0.2, -0.15) is 0 Å². The lowest BCUT2D eigenvalue weighted by Gasteiger charge is -2.09. The van der Waals surface area contributed by atoms with Crippen LogP contribution in [0.3, 0.4) is 0 Å². The summed E-state index contributed by atoms with van der Waals surface area (Å²) in [5.74, 6) is 0.470. The average molecular weight is 362 g/mol. The minimum Gasteiger partial charge on any atom is -0.493 e. The first-order valence-electron chi connectivity index (χ1n) is 6.86. The highest BCUT2D eigenvalue weighted by molar-refractivity contribution is 9.10. The molecule has 0 aliphatic rings. The number of anilines is 1. The van der Waals surface area contributed by atoms with Crippen LogP contribution in [-0.2, 0) is 0 Å². The van der Waals surface area contributed by atoms with Gasteiger partial charge in [0.1, 0.15) is 5.75 Å². The fourth-order valence-electron chi connectivity index (χ4n) is 1.91. The highest BCUT2D eigenvalue weighted by atomic mass is 79.9. The van der Waals surface area contributed by atoms with Crippen LogP contribution >= 0.6 is 15.9 Å². The average Bonchev–Trinajstić information content (AvgIpc) is 2.50. The van der Waals surface area contributed by atoms with Crippen LogP contribution in [0.5, 0.6) is 5.75 Å². The van der Waals surface area contributed by atoms with Gasteiger partial charge < -0.3 is 10.1 Å². The number of nitrogens with one attached hydrogen (secondary N) is 1. The molecule has 1 N–H and O–H groups in total. The molecular formula is C17H16BrNO3. The SMILES string of the molecule is CCOc1ccc(C(=O)Nc2ccc(C(C)=O)cc2)cc1Br. The Bertz CT molecular complexity index is 696. The third-order valence-corrected chi connectivity index (χ3v) is 3.66. The van der Waals surface area contributed by atoms with Crippen LogP contribution in [0.1, 0.15) is 34.6 Å². The monoisotopic (exact) mass is 361 g/mol. The largest absolute Gasteiger partial charge is 0.493 e. The molecule has 0 heterocycles. The quantitative estimate of drug-likeness (QED) is 0.807. The second kappa shape index (κ2) is 7.22. The topological polar surface area (TPSA) is 55.4 Å². The second-order valence-corrected chi connectivity index (χ2v) is 5.52. The van der Waals surface area contributed by atoms with Crippen LogP contribution < -0.4 is 10.1 Å². The van der Waals surface area contributed by atoms with Crippen molar-refractivity contribution in [1.82, 2.24) is 0 Å². The zero-order valence-electron chi connectivity index (χ0n) is 12.4. The molecule has 0 atom stereocenters. The molecule has 0 aromatic heterocycles. The smallest absolute Gasteiger partial charge is 0.255 e. The first-order valence-corrected chi connectivity index (χ1v) is 7.65. The Kier molecular flexibility index (Phi) is 5.33. The molecule has 0 aliphatic carbocycles. The van der Waals surface area contributed by atoms with E-state index in [2.05, 4.69) is 21.2 Å². The highest BCUT2D eigenvalue weighted by Gasteiger charge is 2.10. The Morgan fingerprint density at radius 3 is 2.27 bits per heavy atom. The Morgan fingerprint density at radius 1 is 1.09 bits per heavy atom. The molecule has 0 fully saturated rings. The van der Waals surface area contributed by atoms with Crippen LogP contribution in [0.15, 0.2) is 46.9 Å². The molecule has 114 valence electrons. The Hall–Kier alpha value is -2.14. The van der Waals surface area contributed by atoms with E-state index >= 15 is 0 Å². The van der Waals surface area contributed by atoms with Crippen LogP contribution in [0.25, 0.3) is 0 Å². The molecule has 0 aliphatic heterocycles. The van der Waals surface area contributed by atoms with Crippen molar-refractivity contribution < 1.29 is 14.3 Å². The van der Waals surface area contributed by atoms with E-state index in [0.717, 1.165) is 4.47 Å². The van der Waals surface area contributed by atoms with Gasteiger partial charge in [0.05, 0.1) is 11.1 Å². The van der Waals surface area contributed by atoms with E-state index in [1.165, 1.54) is 6.92 Å². The van der Waals surface area contributed by atoms with Crippen molar-refractivity contribution in [3.8, 4) is 5.75 Å². The maximum Gasteiger partial charge on any atom is 0.255 e. The third-order valence-electron chi connectivity index (χ3n) is 3.04. The van der Waals surface area contributed by atoms with Gasteiger partial charge in [0, 0.05) is 16.8 Å². The van der Waals surface area contributed by atoms with Gasteiger partial charge in [0.25, 0.3) is 5.91 Å². The molecule has 2 rings (SSSR count). The number of ketones is 1. The summed E-state index contributed by atoms with van der Waals surface area (Å²) in [5.41, 5.74) is 1.77. The van der Waals surface area contributed by atoms with E-state index in [4.69, 9.17) is 4.74 Å². The lowest BCUT2D eigenvalue weighted by atomic mass is 10.1. The molecule has 0 unspecified atom stereocenters. The molecule has 0 saturated heterocycles. The summed E-state index contributed by atoms with van der Waals surface area (Å²) in [6.07, 6.45) is 0. The van der Waals surface area contributed by atoms with Crippen molar-refractivity contribution in [3.05, 3.63) is 58.1 Å². The standard InChI is InChI=1S/C17H16BrNO3/c1-3-22-16-9-6-13(10-15(16)18)17(21)19-14-7-4-12(5-8-14)11(2)20/h4-10H,3H2,1-2H3,(H,19,21). The summed E-state index contributed by atoms with van der Waals surface area (Å²) in [6, 6.07) is 12.0. The first kappa shape index (κ1) is 16.2. The molecule has 5 heteroatoms. The number of Topliss-reactive ketones (excluding diaryl/α,β-unsaturated/α-hetero) is 1. The van der Waals surface area contributed by atoms with Gasteiger partial charge in [0.15, 0.2) is 5.78 Å². The van der Waals surface area contributed by atoms with Gasteiger partial charge in [-0.3, -0.25) is 9.59 Å². The summed E-state index contributed by atoms with van der Waals surface area (Å²) >= 11 is 3.38. The van der Waals surface area contributed by atoms with E-state index in [0.29, 0.717) is 29.2 Å². The molecule has 4 nitrogen and oxygen atoms in total. The summed E-state index contributed by atoms with van der Waals surface area (Å²) in [7, 11) is 0. The lowest BCUT2D eigenvalue weighted by molar-refractivity contribution is 0.101. The summed E-state index contributed by atoms with van der Waals surface area (Å²) in [5, 5.41) is 2.79. The van der Waals surface area contributed by atoms with E-state index in [9.17, 15) is 9.59 Å². The van der Waals surface area contributed by atoms with Crippen molar-refractivity contribution in [1.29, 1.82) is 0 Å². The van der Waals surface area contributed by atoms with E-state index < -0.39 is 0 Å². The Morgan fingerprint density at radius 2 is 1.73 bits per heavy atom. The summed E-state index contributed by atoms with van der Waals surface area (Å²) in [4.78, 5) is 23.4. The molecule has 0 spiro atoms. The molecule has 0 saturated carbocycles. The maximum absolute atomic E-state index is 12.2. The fourth-order valence-corrected chi connectivity index (χ4v) is 2.40. The Labute approximate surface area is 137 Å². The Balaban J connectivity index is 2.11. The first-order chi connectivity index (χ1) is 10.5.